The molecule has 208 valence electrons. The Kier molecular flexibility index (Phi) is 10.4. The summed E-state index contributed by atoms with van der Waals surface area (Å²) in [6.07, 6.45) is 0.327. The van der Waals surface area contributed by atoms with Crippen LogP contribution in [-0.4, -0.2) is 44.3 Å². The third-order valence-corrected chi connectivity index (χ3v) is 8.83. The van der Waals surface area contributed by atoms with Gasteiger partial charge in [-0.05, 0) is 74.2 Å². The van der Waals surface area contributed by atoms with Gasteiger partial charge in [0.15, 0.2) is 0 Å². The highest BCUT2D eigenvalue weighted by Crippen LogP contribution is 2.29. The van der Waals surface area contributed by atoms with Gasteiger partial charge in [0, 0.05) is 13.1 Å². The molecule has 0 aliphatic rings. The van der Waals surface area contributed by atoms with Crippen molar-refractivity contribution in [2.45, 2.75) is 51.6 Å². The van der Waals surface area contributed by atoms with E-state index in [1.807, 2.05) is 19.1 Å². The van der Waals surface area contributed by atoms with Crippen molar-refractivity contribution in [2.24, 2.45) is 0 Å². The van der Waals surface area contributed by atoms with Gasteiger partial charge in [-0.1, -0.05) is 66.5 Å². The van der Waals surface area contributed by atoms with Gasteiger partial charge >= 0.3 is 0 Å². The molecule has 0 aromatic heterocycles. The number of aryl methyl sites for hydroxylation is 2. The number of nitrogens with zero attached hydrogens (tertiary/aromatic N) is 2. The number of amides is 2. The number of nitrogens with one attached hydrogen (secondary N) is 1. The van der Waals surface area contributed by atoms with E-state index in [1.54, 1.807) is 63.2 Å². The molecule has 0 saturated heterocycles. The second kappa shape index (κ2) is 13.3. The molecule has 1 unspecified atom stereocenters. The van der Waals surface area contributed by atoms with Crippen molar-refractivity contribution in [3.63, 3.8) is 0 Å². The molecule has 3 rings (SSSR count). The molecule has 0 heterocycles. The van der Waals surface area contributed by atoms with E-state index < -0.39 is 28.5 Å². The van der Waals surface area contributed by atoms with Crippen LogP contribution in [0.4, 0.5) is 5.69 Å². The number of anilines is 1. The zero-order chi connectivity index (χ0) is 28.7. The lowest BCUT2D eigenvalue weighted by Crippen LogP contribution is -2.52. The van der Waals surface area contributed by atoms with Crippen LogP contribution in [0.25, 0.3) is 0 Å². The normalized spacial score (nSPS) is 12.1. The molecule has 0 bridgehead atoms. The van der Waals surface area contributed by atoms with Crippen molar-refractivity contribution in [1.29, 1.82) is 0 Å². The third kappa shape index (κ3) is 7.32. The first kappa shape index (κ1) is 30.5. The number of carbonyl (C=O) groups excluding carboxylic acids is 2. The number of sulfonamides is 1. The van der Waals surface area contributed by atoms with Crippen LogP contribution in [0.2, 0.25) is 10.0 Å². The van der Waals surface area contributed by atoms with Crippen molar-refractivity contribution in [3.05, 3.63) is 93.5 Å². The van der Waals surface area contributed by atoms with Crippen LogP contribution < -0.4 is 9.62 Å². The fourth-order valence-corrected chi connectivity index (χ4v) is 6.08. The van der Waals surface area contributed by atoms with Crippen molar-refractivity contribution in [1.82, 2.24) is 10.2 Å². The van der Waals surface area contributed by atoms with Crippen LogP contribution in [0.5, 0.6) is 0 Å². The first-order valence-electron chi connectivity index (χ1n) is 12.7. The molecule has 0 saturated carbocycles. The highest BCUT2D eigenvalue weighted by Gasteiger charge is 2.34. The average molecular weight is 591 g/mol. The molecule has 1 atom stereocenters. The molecule has 2 amide bonds. The van der Waals surface area contributed by atoms with Crippen molar-refractivity contribution < 1.29 is 18.0 Å². The molecule has 39 heavy (non-hydrogen) atoms. The fraction of sp³-hybridized carbons (Fsp3) is 0.310. The molecule has 0 spiro atoms. The van der Waals surface area contributed by atoms with E-state index in [9.17, 15) is 18.0 Å². The maximum absolute atomic E-state index is 14.0. The van der Waals surface area contributed by atoms with Crippen LogP contribution in [0, 0.1) is 13.8 Å². The topological polar surface area (TPSA) is 86.8 Å². The van der Waals surface area contributed by atoms with Crippen LogP contribution >= 0.6 is 23.2 Å². The summed E-state index contributed by atoms with van der Waals surface area (Å²) < 4.78 is 29.0. The van der Waals surface area contributed by atoms with Crippen LogP contribution in [-0.2, 0) is 26.2 Å². The highest BCUT2D eigenvalue weighted by molar-refractivity contribution is 7.92. The molecular weight excluding hydrogens is 557 g/mol. The Hall–Kier alpha value is -3.07. The van der Waals surface area contributed by atoms with Gasteiger partial charge in [-0.3, -0.25) is 13.9 Å². The molecule has 7 nitrogen and oxygen atoms in total. The Labute approximate surface area is 240 Å². The van der Waals surface area contributed by atoms with E-state index in [0.717, 1.165) is 9.87 Å². The largest absolute Gasteiger partial charge is 0.355 e. The van der Waals surface area contributed by atoms with Crippen LogP contribution in [0.15, 0.2) is 71.6 Å². The quantitative estimate of drug-likeness (QED) is 0.308. The molecular formula is C29H33Cl2N3O4S. The van der Waals surface area contributed by atoms with Crippen LogP contribution in [0.3, 0.4) is 0 Å². The van der Waals surface area contributed by atoms with Crippen molar-refractivity contribution in [2.75, 3.05) is 17.4 Å². The van der Waals surface area contributed by atoms with E-state index in [2.05, 4.69) is 5.32 Å². The predicted octanol–water partition coefficient (Wildman–Crippen LogP) is 5.75. The standard InChI is InChI=1S/C29H33Cl2N3O4S/c1-5-26(29(36)32-6-2)33(18-22-14-15-24(30)25(31)17-22)28(35)19-34(27-16-20(3)12-13-21(27)4)39(37,38)23-10-8-7-9-11-23/h7-17,26H,5-6,18-19H2,1-4H3,(H,32,36). The number of carbonyl (C=O) groups is 2. The van der Waals surface area contributed by atoms with E-state index in [4.69, 9.17) is 23.2 Å². The summed E-state index contributed by atoms with van der Waals surface area (Å²) in [4.78, 5) is 28.5. The number of halogens is 2. The minimum Gasteiger partial charge on any atom is -0.355 e. The maximum Gasteiger partial charge on any atom is 0.264 e. The minimum absolute atomic E-state index is 0.0391. The van der Waals surface area contributed by atoms with Gasteiger partial charge in [0.1, 0.15) is 12.6 Å². The van der Waals surface area contributed by atoms with Gasteiger partial charge in [0.2, 0.25) is 11.8 Å². The summed E-state index contributed by atoms with van der Waals surface area (Å²) in [6, 6.07) is 17.6. The third-order valence-electron chi connectivity index (χ3n) is 6.32. The predicted molar refractivity (Wildman–Crippen MR) is 157 cm³/mol. The minimum atomic E-state index is -4.12. The van der Waals surface area contributed by atoms with Gasteiger partial charge in [0.05, 0.1) is 20.6 Å². The zero-order valence-electron chi connectivity index (χ0n) is 22.4. The number of hydrogen-bond donors (Lipinski definition) is 1. The molecule has 1 N–H and O–H groups in total. The highest BCUT2D eigenvalue weighted by atomic mass is 35.5. The maximum atomic E-state index is 14.0. The smallest absolute Gasteiger partial charge is 0.264 e. The van der Waals surface area contributed by atoms with Crippen molar-refractivity contribution >= 4 is 50.7 Å². The van der Waals surface area contributed by atoms with E-state index >= 15 is 0 Å². The van der Waals surface area contributed by atoms with Gasteiger partial charge < -0.3 is 10.2 Å². The number of hydrogen-bond acceptors (Lipinski definition) is 4. The van der Waals surface area contributed by atoms with Gasteiger partial charge in [0.25, 0.3) is 10.0 Å². The monoisotopic (exact) mass is 589 g/mol. The second-order valence-electron chi connectivity index (χ2n) is 9.20. The lowest BCUT2D eigenvalue weighted by molar-refractivity contribution is -0.140. The molecule has 3 aromatic carbocycles. The summed E-state index contributed by atoms with van der Waals surface area (Å²) in [5.74, 6) is -0.850. The SMILES string of the molecule is CCNC(=O)C(CC)N(Cc1ccc(Cl)c(Cl)c1)C(=O)CN(c1cc(C)ccc1C)S(=O)(=O)c1ccccc1. The first-order chi connectivity index (χ1) is 18.5. The van der Waals surface area contributed by atoms with Gasteiger partial charge in [-0.2, -0.15) is 0 Å². The summed E-state index contributed by atoms with van der Waals surface area (Å²) >= 11 is 12.3. The lowest BCUT2D eigenvalue weighted by atomic mass is 10.1. The molecule has 3 aromatic rings. The fourth-order valence-electron chi connectivity index (χ4n) is 4.27. The Balaban J connectivity index is 2.10. The molecule has 0 fully saturated rings. The van der Waals surface area contributed by atoms with Gasteiger partial charge in [-0.25, -0.2) is 8.42 Å². The summed E-state index contributed by atoms with van der Waals surface area (Å²) in [5, 5.41) is 3.46. The Morgan fingerprint density at radius 1 is 0.923 bits per heavy atom. The number of rotatable bonds is 11. The summed E-state index contributed by atoms with van der Waals surface area (Å²) in [6.45, 7) is 7.18. The Morgan fingerprint density at radius 3 is 2.23 bits per heavy atom. The molecule has 0 aliphatic heterocycles. The summed E-state index contributed by atoms with van der Waals surface area (Å²) in [5.41, 5.74) is 2.59. The number of likely N-dealkylation sites (N-methyl/N-ethyl adjacent to an activating group) is 1. The van der Waals surface area contributed by atoms with E-state index in [0.29, 0.717) is 39.8 Å². The summed E-state index contributed by atoms with van der Waals surface area (Å²) in [7, 11) is -4.12. The lowest BCUT2D eigenvalue weighted by Gasteiger charge is -2.33. The molecule has 10 heteroatoms. The second-order valence-corrected chi connectivity index (χ2v) is 11.9. The van der Waals surface area contributed by atoms with E-state index in [1.165, 1.54) is 17.0 Å². The average Bonchev–Trinajstić information content (AvgIpc) is 2.91. The van der Waals surface area contributed by atoms with Gasteiger partial charge in [-0.15, -0.1) is 0 Å². The Bertz CT molecular complexity index is 1430. The Morgan fingerprint density at radius 2 is 1.62 bits per heavy atom. The van der Waals surface area contributed by atoms with Crippen LogP contribution in [0.1, 0.15) is 37.0 Å². The number of benzene rings is 3. The first-order valence-corrected chi connectivity index (χ1v) is 14.8. The zero-order valence-corrected chi connectivity index (χ0v) is 24.8. The molecule has 0 aliphatic carbocycles. The van der Waals surface area contributed by atoms with E-state index in [-0.39, 0.29) is 17.3 Å². The van der Waals surface area contributed by atoms with Crippen molar-refractivity contribution in [3.8, 4) is 0 Å². The molecule has 0 radical (unpaired) electrons.